The summed E-state index contributed by atoms with van der Waals surface area (Å²) in [5.74, 6) is 0.495. The molecule has 2 rings (SSSR count). The molecule has 0 radical (unpaired) electrons. The number of nitrogens with zero attached hydrogens (tertiary/aromatic N) is 3. The first-order valence-corrected chi connectivity index (χ1v) is 11.6. The van der Waals surface area contributed by atoms with Crippen molar-refractivity contribution in [3.63, 3.8) is 0 Å². The largest absolute Gasteiger partial charge is 0.371 e. The normalized spacial score (nSPS) is 12.9. The fourth-order valence-electron chi connectivity index (χ4n) is 3.86. The lowest BCUT2D eigenvalue weighted by atomic mass is 9.95. The van der Waals surface area contributed by atoms with E-state index >= 15 is 0 Å². The summed E-state index contributed by atoms with van der Waals surface area (Å²) >= 11 is 2.45. The number of aromatic nitrogens is 1. The van der Waals surface area contributed by atoms with Gasteiger partial charge in [0.1, 0.15) is 0 Å². The zero-order chi connectivity index (χ0) is 20.7. The molecule has 0 amide bonds. The molecule has 0 spiro atoms. The van der Waals surface area contributed by atoms with Gasteiger partial charge in [-0.2, -0.15) is 0 Å². The fourth-order valence-corrected chi connectivity index (χ4v) is 4.70. The Morgan fingerprint density at radius 2 is 1.89 bits per heavy atom. The number of halogens is 1. The van der Waals surface area contributed by atoms with Crippen LogP contribution in [0, 0.1) is 10.5 Å². The second kappa shape index (κ2) is 10.9. The SMILES string of the molecule is CCC[C@@H](C)c1ncc(C(=NCC)c2cccc(I)c2N(CC)CC)cc1C. The van der Waals surface area contributed by atoms with Crippen LogP contribution in [0.3, 0.4) is 0 Å². The standard InChI is InChI=1S/C24H34IN3/c1-7-12-17(5)22-18(6)15-19(16-27-22)23(26-8-2)20-13-11-14-21(25)24(20)28(9-3)10-4/h11,13-17H,7-10,12H2,1-6H3/t17-/m1/s1. The highest BCUT2D eigenvalue weighted by Crippen LogP contribution is 2.30. The van der Waals surface area contributed by atoms with Gasteiger partial charge in [0, 0.05) is 46.2 Å². The Kier molecular flexibility index (Phi) is 8.93. The van der Waals surface area contributed by atoms with Gasteiger partial charge in [-0.05, 0) is 80.3 Å². The lowest BCUT2D eigenvalue weighted by Gasteiger charge is -2.26. The second-order valence-corrected chi connectivity index (χ2v) is 8.41. The van der Waals surface area contributed by atoms with Gasteiger partial charge in [0.2, 0.25) is 0 Å². The maximum atomic E-state index is 4.92. The van der Waals surface area contributed by atoms with Crippen molar-refractivity contribution in [1.29, 1.82) is 0 Å². The Balaban J connectivity index is 2.58. The molecule has 4 heteroatoms. The Bertz CT molecular complexity index is 809. The molecule has 0 aliphatic rings. The lowest BCUT2D eigenvalue weighted by Crippen LogP contribution is -2.25. The molecule has 28 heavy (non-hydrogen) atoms. The van der Waals surface area contributed by atoms with Gasteiger partial charge in [0.25, 0.3) is 0 Å². The minimum absolute atomic E-state index is 0.495. The lowest BCUT2D eigenvalue weighted by molar-refractivity contribution is 0.643. The molecule has 0 aliphatic carbocycles. The monoisotopic (exact) mass is 491 g/mol. The average molecular weight is 491 g/mol. The number of hydrogen-bond donors (Lipinski definition) is 0. The number of benzene rings is 1. The van der Waals surface area contributed by atoms with Crippen LogP contribution in [0.25, 0.3) is 0 Å². The maximum Gasteiger partial charge on any atom is 0.0755 e. The van der Waals surface area contributed by atoms with E-state index in [1.54, 1.807) is 0 Å². The van der Waals surface area contributed by atoms with E-state index < -0.39 is 0 Å². The van der Waals surface area contributed by atoms with Crippen molar-refractivity contribution in [2.75, 3.05) is 24.5 Å². The third-order valence-electron chi connectivity index (χ3n) is 5.22. The minimum Gasteiger partial charge on any atom is -0.371 e. The van der Waals surface area contributed by atoms with Gasteiger partial charge in [-0.15, -0.1) is 0 Å². The van der Waals surface area contributed by atoms with Crippen LogP contribution in [0.5, 0.6) is 0 Å². The average Bonchev–Trinajstić information content (AvgIpc) is 2.68. The molecule has 1 aromatic heterocycles. The van der Waals surface area contributed by atoms with Crippen molar-refractivity contribution in [1.82, 2.24) is 4.98 Å². The van der Waals surface area contributed by atoms with Crippen molar-refractivity contribution >= 4 is 34.0 Å². The van der Waals surface area contributed by atoms with Crippen LogP contribution in [0.4, 0.5) is 5.69 Å². The molecule has 3 nitrogen and oxygen atoms in total. The third-order valence-corrected chi connectivity index (χ3v) is 6.09. The van der Waals surface area contributed by atoms with Gasteiger partial charge in [0.15, 0.2) is 0 Å². The van der Waals surface area contributed by atoms with E-state index in [-0.39, 0.29) is 0 Å². The number of pyridine rings is 1. The minimum atomic E-state index is 0.495. The van der Waals surface area contributed by atoms with Crippen molar-refractivity contribution in [3.05, 3.63) is 56.4 Å². The maximum absolute atomic E-state index is 4.92. The summed E-state index contributed by atoms with van der Waals surface area (Å²) in [5.41, 5.74) is 7.12. The molecule has 0 bridgehead atoms. The first-order valence-electron chi connectivity index (χ1n) is 10.5. The van der Waals surface area contributed by atoms with E-state index in [1.165, 1.54) is 38.9 Å². The molecule has 0 N–H and O–H groups in total. The molecule has 1 heterocycles. The molecule has 2 aromatic rings. The second-order valence-electron chi connectivity index (χ2n) is 7.25. The molecule has 152 valence electrons. The first-order chi connectivity index (χ1) is 13.5. The van der Waals surface area contributed by atoms with Crippen LogP contribution >= 0.6 is 22.6 Å². The Labute approximate surface area is 184 Å². The predicted octanol–water partition coefficient (Wildman–Crippen LogP) is 6.60. The summed E-state index contributed by atoms with van der Waals surface area (Å²) in [5, 5.41) is 0. The molecular weight excluding hydrogens is 457 g/mol. The van der Waals surface area contributed by atoms with E-state index in [4.69, 9.17) is 9.98 Å². The molecule has 1 aromatic carbocycles. The molecule has 0 saturated heterocycles. The fraction of sp³-hybridized carbons (Fsp3) is 0.500. The van der Waals surface area contributed by atoms with Crippen LogP contribution in [-0.2, 0) is 0 Å². The zero-order valence-electron chi connectivity index (χ0n) is 18.2. The predicted molar refractivity (Wildman–Crippen MR) is 131 cm³/mol. The number of rotatable bonds is 9. The Morgan fingerprint density at radius 3 is 2.46 bits per heavy atom. The summed E-state index contributed by atoms with van der Waals surface area (Å²) in [6.07, 6.45) is 4.38. The summed E-state index contributed by atoms with van der Waals surface area (Å²) in [6, 6.07) is 8.79. The molecule has 0 saturated carbocycles. The number of para-hydroxylation sites is 1. The number of anilines is 1. The van der Waals surface area contributed by atoms with Crippen molar-refractivity contribution < 1.29 is 0 Å². The van der Waals surface area contributed by atoms with Crippen molar-refractivity contribution in [2.24, 2.45) is 4.99 Å². The van der Waals surface area contributed by atoms with Crippen LogP contribution in [0.1, 0.15) is 75.8 Å². The Hall–Kier alpha value is -1.43. The summed E-state index contributed by atoms with van der Waals surface area (Å²) < 4.78 is 1.26. The van der Waals surface area contributed by atoms with Gasteiger partial charge in [-0.1, -0.05) is 32.4 Å². The van der Waals surface area contributed by atoms with Gasteiger partial charge < -0.3 is 4.90 Å². The smallest absolute Gasteiger partial charge is 0.0755 e. The summed E-state index contributed by atoms with van der Waals surface area (Å²) in [6.45, 7) is 15.9. The Morgan fingerprint density at radius 1 is 1.18 bits per heavy atom. The molecule has 1 atom stereocenters. The number of aryl methyl sites for hydroxylation is 1. The highest BCUT2D eigenvalue weighted by atomic mass is 127. The van der Waals surface area contributed by atoms with Crippen molar-refractivity contribution in [3.8, 4) is 0 Å². The van der Waals surface area contributed by atoms with Crippen LogP contribution < -0.4 is 4.90 Å². The van der Waals surface area contributed by atoms with Gasteiger partial charge in [-0.3, -0.25) is 9.98 Å². The van der Waals surface area contributed by atoms with Gasteiger partial charge >= 0.3 is 0 Å². The number of hydrogen-bond acceptors (Lipinski definition) is 3. The van der Waals surface area contributed by atoms with E-state index in [0.29, 0.717) is 5.92 Å². The van der Waals surface area contributed by atoms with E-state index in [2.05, 4.69) is 93.3 Å². The van der Waals surface area contributed by atoms with Crippen LogP contribution in [-0.4, -0.2) is 30.3 Å². The van der Waals surface area contributed by atoms with E-state index in [1.807, 2.05) is 6.20 Å². The summed E-state index contributed by atoms with van der Waals surface area (Å²) in [4.78, 5) is 12.2. The van der Waals surface area contributed by atoms with Crippen LogP contribution in [0.15, 0.2) is 35.5 Å². The van der Waals surface area contributed by atoms with Gasteiger partial charge in [-0.25, -0.2) is 0 Å². The quantitative estimate of drug-likeness (QED) is 0.292. The van der Waals surface area contributed by atoms with Crippen LogP contribution in [0.2, 0.25) is 0 Å². The summed E-state index contributed by atoms with van der Waals surface area (Å²) in [7, 11) is 0. The third kappa shape index (κ3) is 5.13. The highest BCUT2D eigenvalue weighted by Gasteiger charge is 2.19. The molecular formula is C24H34IN3. The van der Waals surface area contributed by atoms with Crippen molar-refractivity contribution in [2.45, 2.75) is 60.3 Å². The number of aliphatic imine (C=N–C) groups is 1. The molecule has 0 unspecified atom stereocenters. The molecule has 0 fully saturated rings. The van der Waals surface area contributed by atoms with E-state index in [0.717, 1.165) is 30.9 Å². The first kappa shape index (κ1) is 22.9. The van der Waals surface area contributed by atoms with E-state index in [9.17, 15) is 0 Å². The van der Waals surface area contributed by atoms with Gasteiger partial charge in [0.05, 0.1) is 11.4 Å². The highest BCUT2D eigenvalue weighted by molar-refractivity contribution is 14.1. The topological polar surface area (TPSA) is 28.5 Å². The zero-order valence-corrected chi connectivity index (χ0v) is 20.4. The molecule has 0 aliphatic heterocycles.